The van der Waals surface area contributed by atoms with Gasteiger partial charge in [-0.1, -0.05) is 31.9 Å². The van der Waals surface area contributed by atoms with Crippen molar-refractivity contribution in [2.24, 2.45) is 5.73 Å². The van der Waals surface area contributed by atoms with Gasteiger partial charge in [-0.25, -0.2) is 0 Å². The highest BCUT2D eigenvalue weighted by atomic mass is 35.5. The fourth-order valence-corrected chi connectivity index (χ4v) is 2.99. The number of ether oxygens (including phenoxy) is 2. The Bertz CT molecular complexity index is 481. The van der Waals surface area contributed by atoms with Crippen molar-refractivity contribution in [2.45, 2.75) is 51.2 Å². The fraction of sp³-hybridized carbons (Fsp3) is 0.625. The van der Waals surface area contributed by atoms with E-state index in [2.05, 4.69) is 6.92 Å². The van der Waals surface area contributed by atoms with Crippen LogP contribution in [0.5, 0.6) is 11.5 Å². The molecule has 4 nitrogen and oxygen atoms in total. The Hall–Kier alpha value is -0.970. The third-order valence-electron chi connectivity index (χ3n) is 3.90. The minimum absolute atomic E-state index is 0.103. The molecule has 3 N–H and O–H groups in total. The zero-order chi connectivity index (χ0) is 15.4. The van der Waals surface area contributed by atoms with E-state index in [1.807, 2.05) is 13.0 Å². The lowest BCUT2D eigenvalue weighted by atomic mass is 9.91. The maximum Gasteiger partial charge on any atom is 0.162 e. The first kappa shape index (κ1) is 16.4. The van der Waals surface area contributed by atoms with E-state index in [-0.39, 0.29) is 12.0 Å². The quantitative estimate of drug-likeness (QED) is 0.847. The van der Waals surface area contributed by atoms with Crippen molar-refractivity contribution in [1.82, 2.24) is 0 Å². The molecule has 2 rings (SSSR count). The van der Waals surface area contributed by atoms with Crippen molar-refractivity contribution in [3.63, 3.8) is 0 Å². The van der Waals surface area contributed by atoms with E-state index >= 15 is 0 Å². The highest BCUT2D eigenvalue weighted by molar-refractivity contribution is 6.31. The second-order valence-corrected chi connectivity index (χ2v) is 6.08. The van der Waals surface area contributed by atoms with Crippen molar-refractivity contribution in [2.75, 3.05) is 13.2 Å². The van der Waals surface area contributed by atoms with Gasteiger partial charge in [-0.15, -0.1) is 0 Å². The lowest BCUT2D eigenvalue weighted by molar-refractivity contribution is 0.124. The van der Waals surface area contributed by atoms with Gasteiger partial charge >= 0.3 is 0 Å². The molecule has 0 aromatic heterocycles. The molecule has 118 valence electrons. The van der Waals surface area contributed by atoms with Gasteiger partial charge in [0.25, 0.3) is 0 Å². The van der Waals surface area contributed by atoms with Crippen LogP contribution in [-0.4, -0.2) is 30.5 Å². The lowest BCUT2D eigenvalue weighted by Gasteiger charge is -2.24. The molecule has 0 spiro atoms. The zero-order valence-electron chi connectivity index (χ0n) is 12.6. The van der Waals surface area contributed by atoms with E-state index in [1.165, 1.54) is 0 Å². The summed E-state index contributed by atoms with van der Waals surface area (Å²) >= 11 is 6.33. The zero-order valence-corrected chi connectivity index (χ0v) is 13.4. The van der Waals surface area contributed by atoms with Crippen LogP contribution in [0.3, 0.4) is 0 Å². The Balaban J connectivity index is 2.10. The van der Waals surface area contributed by atoms with E-state index in [0.717, 1.165) is 24.2 Å². The maximum absolute atomic E-state index is 10.2. The Labute approximate surface area is 131 Å². The van der Waals surface area contributed by atoms with Crippen LogP contribution in [-0.2, 0) is 0 Å². The summed E-state index contributed by atoms with van der Waals surface area (Å²) in [6, 6.07) is 3.52. The molecule has 0 saturated carbocycles. The monoisotopic (exact) mass is 313 g/mol. The molecule has 0 radical (unpaired) electrons. The molecule has 1 heterocycles. The standard InChI is InChI=1S/C16H24ClNO3/c1-3-4-13(18)14(19)7-10(2)11-8-15-16(9-12(11)17)21-6-5-20-15/h8-10,13-14,19H,3-7,18H2,1-2H3. The number of rotatable bonds is 6. The molecule has 3 atom stereocenters. The molecule has 5 heteroatoms. The van der Waals surface area contributed by atoms with Crippen LogP contribution in [0.4, 0.5) is 0 Å². The Morgan fingerprint density at radius 1 is 1.29 bits per heavy atom. The van der Waals surface area contributed by atoms with E-state index in [1.54, 1.807) is 6.07 Å². The average molecular weight is 314 g/mol. The summed E-state index contributed by atoms with van der Waals surface area (Å²) in [6.07, 6.45) is 1.85. The summed E-state index contributed by atoms with van der Waals surface area (Å²) in [6.45, 7) is 5.20. The van der Waals surface area contributed by atoms with Crippen LogP contribution in [0.25, 0.3) is 0 Å². The first-order valence-electron chi connectivity index (χ1n) is 7.55. The van der Waals surface area contributed by atoms with Gasteiger partial charge in [0.1, 0.15) is 13.2 Å². The van der Waals surface area contributed by atoms with Crippen molar-refractivity contribution >= 4 is 11.6 Å². The second kappa shape index (κ2) is 7.34. The van der Waals surface area contributed by atoms with Crippen molar-refractivity contribution in [1.29, 1.82) is 0 Å². The number of benzene rings is 1. The lowest BCUT2D eigenvalue weighted by Crippen LogP contribution is -2.35. The van der Waals surface area contributed by atoms with Gasteiger partial charge in [-0.2, -0.15) is 0 Å². The Kier molecular flexibility index (Phi) is 5.73. The van der Waals surface area contributed by atoms with E-state index in [9.17, 15) is 5.11 Å². The minimum atomic E-state index is -0.524. The van der Waals surface area contributed by atoms with Gasteiger partial charge in [0.15, 0.2) is 11.5 Å². The molecule has 0 fully saturated rings. The molecule has 1 aliphatic heterocycles. The van der Waals surface area contributed by atoms with Gasteiger partial charge in [-0.3, -0.25) is 0 Å². The summed E-state index contributed by atoms with van der Waals surface area (Å²) in [5.74, 6) is 1.51. The summed E-state index contributed by atoms with van der Waals surface area (Å²) in [4.78, 5) is 0. The molecule has 0 amide bonds. The summed E-state index contributed by atoms with van der Waals surface area (Å²) < 4.78 is 11.1. The highest BCUT2D eigenvalue weighted by Gasteiger charge is 2.22. The summed E-state index contributed by atoms with van der Waals surface area (Å²) in [7, 11) is 0. The number of hydrogen-bond acceptors (Lipinski definition) is 4. The van der Waals surface area contributed by atoms with Crippen LogP contribution in [0.1, 0.15) is 44.6 Å². The molecule has 3 unspecified atom stereocenters. The predicted molar refractivity (Wildman–Crippen MR) is 84.4 cm³/mol. The van der Waals surface area contributed by atoms with E-state index in [4.69, 9.17) is 26.8 Å². The number of hydrogen-bond donors (Lipinski definition) is 2. The molecule has 1 aromatic rings. The maximum atomic E-state index is 10.2. The Morgan fingerprint density at radius 3 is 2.52 bits per heavy atom. The van der Waals surface area contributed by atoms with Crippen molar-refractivity contribution in [3.05, 3.63) is 22.7 Å². The molecule has 0 aliphatic carbocycles. The average Bonchev–Trinajstić information content (AvgIpc) is 2.46. The van der Waals surface area contributed by atoms with Gasteiger partial charge in [0.2, 0.25) is 0 Å². The molecule has 1 aliphatic rings. The number of halogens is 1. The predicted octanol–water partition coefficient (Wildman–Crippen LogP) is 3.09. The number of fused-ring (bicyclic) bond motifs is 1. The van der Waals surface area contributed by atoms with Crippen molar-refractivity contribution < 1.29 is 14.6 Å². The third-order valence-corrected chi connectivity index (χ3v) is 4.23. The third kappa shape index (κ3) is 4.02. The topological polar surface area (TPSA) is 64.7 Å². The first-order chi connectivity index (χ1) is 10.0. The van der Waals surface area contributed by atoms with E-state index < -0.39 is 6.10 Å². The molecule has 0 bridgehead atoms. The molecule has 0 saturated heterocycles. The van der Waals surface area contributed by atoms with Crippen LogP contribution < -0.4 is 15.2 Å². The second-order valence-electron chi connectivity index (χ2n) is 5.67. The highest BCUT2D eigenvalue weighted by Crippen LogP contribution is 2.39. The largest absolute Gasteiger partial charge is 0.486 e. The number of aliphatic hydroxyl groups is 1. The van der Waals surface area contributed by atoms with Crippen LogP contribution in [0.15, 0.2) is 12.1 Å². The van der Waals surface area contributed by atoms with Crippen LogP contribution >= 0.6 is 11.6 Å². The molecular formula is C16H24ClNO3. The number of nitrogens with two attached hydrogens (primary N) is 1. The van der Waals surface area contributed by atoms with Gasteiger partial charge in [0.05, 0.1) is 6.10 Å². The minimum Gasteiger partial charge on any atom is -0.486 e. The van der Waals surface area contributed by atoms with Gasteiger partial charge < -0.3 is 20.3 Å². The van der Waals surface area contributed by atoms with Crippen LogP contribution in [0.2, 0.25) is 5.02 Å². The normalized spacial score (nSPS) is 18.1. The van der Waals surface area contributed by atoms with E-state index in [0.29, 0.717) is 30.4 Å². The fourth-order valence-electron chi connectivity index (χ4n) is 2.65. The molecule has 21 heavy (non-hydrogen) atoms. The van der Waals surface area contributed by atoms with Crippen molar-refractivity contribution in [3.8, 4) is 11.5 Å². The first-order valence-corrected chi connectivity index (χ1v) is 7.93. The number of aliphatic hydroxyl groups excluding tert-OH is 1. The molecule has 1 aromatic carbocycles. The van der Waals surface area contributed by atoms with Crippen LogP contribution in [0, 0.1) is 0 Å². The smallest absolute Gasteiger partial charge is 0.162 e. The van der Waals surface area contributed by atoms with Gasteiger partial charge in [-0.05, 0) is 30.4 Å². The summed E-state index contributed by atoms with van der Waals surface area (Å²) in [5, 5.41) is 10.8. The Morgan fingerprint density at radius 2 is 1.90 bits per heavy atom. The SMILES string of the molecule is CCCC(N)C(O)CC(C)c1cc2c(cc1Cl)OCCO2. The molecular weight excluding hydrogens is 290 g/mol. The summed E-state index contributed by atoms with van der Waals surface area (Å²) in [5.41, 5.74) is 6.94. The van der Waals surface area contributed by atoms with Gasteiger partial charge in [0, 0.05) is 17.1 Å².